The molecule has 0 radical (unpaired) electrons. The Balaban J connectivity index is 2.88. The number of carboxylic acid groups (broad SMARTS) is 1. The molecule has 0 saturated carbocycles. The number of carboxylic acids is 1. The number of amides is 3. The number of nitrogens with zero attached hydrogens (tertiary/aromatic N) is 1. The van der Waals surface area contributed by atoms with Crippen LogP contribution in [0.25, 0.3) is 0 Å². The van der Waals surface area contributed by atoms with Crippen molar-refractivity contribution in [3.63, 3.8) is 0 Å². The number of carbonyl (C=O) groups is 4. The fraction of sp³-hybridized carbons (Fsp3) is 0.667. The van der Waals surface area contributed by atoms with E-state index in [-0.39, 0.29) is 12.3 Å². The zero-order valence-corrected chi connectivity index (χ0v) is 19.5. The molecule has 0 fully saturated rings. The molecule has 1 aromatic heterocycles. The van der Waals surface area contributed by atoms with Crippen molar-refractivity contribution in [2.75, 3.05) is 6.54 Å². The molecule has 0 aliphatic rings. The van der Waals surface area contributed by atoms with E-state index in [0.717, 1.165) is 0 Å². The SMILES string of the molecule is CC(C)CC(NC(=O)C(CCCCN)NC(=O)C(N)Cc1cnc[nH]1)C(=O)NC(C)C(=O)O. The summed E-state index contributed by atoms with van der Waals surface area (Å²) >= 11 is 0. The minimum Gasteiger partial charge on any atom is -0.480 e. The quantitative estimate of drug-likeness (QED) is 0.159. The van der Waals surface area contributed by atoms with Gasteiger partial charge >= 0.3 is 5.97 Å². The van der Waals surface area contributed by atoms with Gasteiger partial charge in [0, 0.05) is 18.3 Å². The maximum Gasteiger partial charge on any atom is 0.325 e. The van der Waals surface area contributed by atoms with Crippen LogP contribution in [0.1, 0.15) is 52.1 Å². The van der Waals surface area contributed by atoms with Crippen LogP contribution in [0.15, 0.2) is 12.5 Å². The third-order valence-electron chi connectivity index (χ3n) is 4.98. The number of aliphatic carboxylic acids is 1. The third-order valence-corrected chi connectivity index (χ3v) is 4.98. The van der Waals surface area contributed by atoms with Crippen molar-refractivity contribution in [3.05, 3.63) is 18.2 Å². The Bertz CT molecular complexity index is 769. The maximum atomic E-state index is 13.0. The highest BCUT2D eigenvalue weighted by Crippen LogP contribution is 2.08. The molecule has 0 saturated heterocycles. The molecule has 3 amide bonds. The van der Waals surface area contributed by atoms with Gasteiger partial charge in [0.1, 0.15) is 18.1 Å². The molecular formula is C21H37N7O5. The number of hydrogen-bond donors (Lipinski definition) is 7. The van der Waals surface area contributed by atoms with Crippen molar-refractivity contribution >= 4 is 23.7 Å². The standard InChI is InChI=1S/C21H37N7O5/c1-12(2)8-17(20(31)26-13(3)21(32)33)28-19(30)16(6-4-5-7-22)27-18(29)15(23)9-14-10-24-11-25-14/h10-13,15-17H,4-9,22-23H2,1-3H3,(H,24,25)(H,26,31)(H,27,29)(H,28,30)(H,32,33). The summed E-state index contributed by atoms with van der Waals surface area (Å²) in [4.78, 5) is 56.1. The topological polar surface area (TPSA) is 205 Å². The normalized spacial score (nSPS) is 14.7. The first kappa shape index (κ1) is 28.0. The van der Waals surface area contributed by atoms with Crippen molar-refractivity contribution in [3.8, 4) is 0 Å². The van der Waals surface area contributed by atoms with E-state index in [1.54, 1.807) is 6.20 Å². The first-order chi connectivity index (χ1) is 15.5. The molecule has 12 heteroatoms. The van der Waals surface area contributed by atoms with Gasteiger partial charge in [0.05, 0.1) is 12.4 Å². The lowest BCUT2D eigenvalue weighted by atomic mass is 10.0. The number of nitrogens with one attached hydrogen (secondary N) is 4. The van der Waals surface area contributed by atoms with Crippen LogP contribution >= 0.6 is 0 Å². The predicted molar refractivity (Wildman–Crippen MR) is 122 cm³/mol. The van der Waals surface area contributed by atoms with Crippen LogP contribution in [-0.4, -0.2) is 69.5 Å². The molecule has 1 aromatic rings. The summed E-state index contributed by atoms with van der Waals surface area (Å²) in [5.41, 5.74) is 12.2. The fourth-order valence-corrected chi connectivity index (χ4v) is 3.12. The predicted octanol–water partition coefficient (Wildman–Crippen LogP) is -0.986. The van der Waals surface area contributed by atoms with E-state index in [2.05, 4.69) is 25.9 Å². The molecule has 12 nitrogen and oxygen atoms in total. The zero-order valence-electron chi connectivity index (χ0n) is 19.5. The number of nitrogens with two attached hydrogens (primary N) is 2. The van der Waals surface area contributed by atoms with Crippen LogP contribution in [0.3, 0.4) is 0 Å². The molecule has 33 heavy (non-hydrogen) atoms. The summed E-state index contributed by atoms with van der Waals surface area (Å²) in [6, 6.07) is -3.88. The Morgan fingerprint density at radius 1 is 1.03 bits per heavy atom. The number of unbranched alkanes of at least 4 members (excludes halogenated alkanes) is 1. The summed E-state index contributed by atoms with van der Waals surface area (Å²) in [5, 5.41) is 16.8. The number of rotatable bonds is 15. The number of H-pyrrole nitrogens is 1. The van der Waals surface area contributed by atoms with Crippen molar-refractivity contribution < 1.29 is 24.3 Å². The van der Waals surface area contributed by atoms with Crippen LogP contribution in [0.4, 0.5) is 0 Å². The summed E-state index contributed by atoms with van der Waals surface area (Å²) in [5.74, 6) is -2.79. The third kappa shape index (κ3) is 10.4. The number of aromatic amines is 1. The van der Waals surface area contributed by atoms with E-state index in [1.165, 1.54) is 13.3 Å². The fourth-order valence-electron chi connectivity index (χ4n) is 3.12. The van der Waals surface area contributed by atoms with Crippen molar-refractivity contribution in [2.24, 2.45) is 17.4 Å². The number of hydrogen-bond acceptors (Lipinski definition) is 7. The molecule has 186 valence electrons. The van der Waals surface area contributed by atoms with Crippen LogP contribution in [0.5, 0.6) is 0 Å². The summed E-state index contributed by atoms with van der Waals surface area (Å²) in [7, 11) is 0. The van der Waals surface area contributed by atoms with Gasteiger partial charge in [0.25, 0.3) is 0 Å². The number of carbonyl (C=O) groups excluding carboxylic acids is 3. The van der Waals surface area contributed by atoms with Gasteiger partial charge in [-0.2, -0.15) is 0 Å². The minimum absolute atomic E-state index is 0.0503. The molecule has 0 aliphatic carbocycles. The Hall–Kier alpha value is -2.99. The Labute approximate surface area is 193 Å². The molecule has 1 rings (SSSR count). The molecular weight excluding hydrogens is 430 g/mol. The second kappa shape index (κ2) is 14.2. The van der Waals surface area contributed by atoms with Gasteiger partial charge in [-0.15, -0.1) is 0 Å². The molecule has 4 atom stereocenters. The van der Waals surface area contributed by atoms with Gasteiger partial charge in [-0.05, 0) is 45.1 Å². The van der Waals surface area contributed by atoms with Crippen LogP contribution in [-0.2, 0) is 25.6 Å². The van der Waals surface area contributed by atoms with Crippen molar-refractivity contribution in [2.45, 2.75) is 77.0 Å². The van der Waals surface area contributed by atoms with Gasteiger partial charge in [-0.1, -0.05) is 13.8 Å². The molecule has 0 bridgehead atoms. The lowest BCUT2D eigenvalue weighted by Gasteiger charge is -2.25. The molecule has 9 N–H and O–H groups in total. The summed E-state index contributed by atoms with van der Waals surface area (Å²) in [6.07, 6.45) is 5.11. The molecule has 0 aliphatic heterocycles. The Morgan fingerprint density at radius 2 is 1.67 bits per heavy atom. The first-order valence-corrected chi connectivity index (χ1v) is 11.1. The van der Waals surface area contributed by atoms with Gasteiger partial charge in [-0.25, -0.2) is 4.98 Å². The van der Waals surface area contributed by atoms with Gasteiger partial charge < -0.3 is 37.5 Å². The number of aromatic nitrogens is 2. The molecule has 1 heterocycles. The number of imidazole rings is 1. The highest BCUT2D eigenvalue weighted by Gasteiger charge is 2.29. The zero-order chi connectivity index (χ0) is 25.0. The minimum atomic E-state index is -1.18. The monoisotopic (exact) mass is 467 g/mol. The van der Waals surface area contributed by atoms with Crippen LogP contribution in [0, 0.1) is 5.92 Å². The maximum absolute atomic E-state index is 13.0. The van der Waals surface area contributed by atoms with E-state index in [9.17, 15) is 19.2 Å². The van der Waals surface area contributed by atoms with Gasteiger partial charge in [-0.3, -0.25) is 19.2 Å². The highest BCUT2D eigenvalue weighted by atomic mass is 16.4. The summed E-state index contributed by atoms with van der Waals surface area (Å²) in [6.45, 7) is 5.53. The largest absolute Gasteiger partial charge is 0.480 e. The van der Waals surface area contributed by atoms with E-state index in [1.807, 2.05) is 13.8 Å². The second-order valence-corrected chi connectivity index (χ2v) is 8.49. The summed E-state index contributed by atoms with van der Waals surface area (Å²) < 4.78 is 0. The Kier molecular flexibility index (Phi) is 12.1. The Morgan fingerprint density at radius 3 is 2.21 bits per heavy atom. The molecule has 0 spiro atoms. The highest BCUT2D eigenvalue weighted by molar-refractivity contribution is 5.94. The first-order valence-electron chi connectivity index (χ1n) is 11.1. The average molecular weight is 468 g/mol. The van der Waals surface area contributed by atoms with Crippen molar-refractivity contribution in [1.82, 2.24) is 25.9 Å². The van der Waals surface area contributed by atoms with Crippen LogP contribution in [0.2, 0.25) is 0 Å². The van der Waals surface area contributed by atoms with Crippen LogP contribution < -0.4 is 27.4 Å². The second-order valence-electron chi connectivity index (χ2n) is 8.49. The van der Waals surface area contributed by atoms with E-state index in [4.69, 9.17) is 16.6 Å². The molecule has 0 aromatic carbocycles. The van der Waals surface area contributed by atoms with Crippen molar-refractivity contribution in [1.29, 1.82) is 0 Å². The van der Waals surface area contributed by atoms with Gasteiger partial charge in [0.15, 0.2) is 0 Å². The van der Waals surface area contributed by atoms with E-state index >= 15 is 0 Å². The van der Waals surface area contributed by atoms with E-state index < -0.39 is 47.9 Å². The lowest BCUT2D eigenvalue weighted by molar-refractivity contribution is -0.142. The lowest BCUT2D eigenvalue weighted by Crippen LogP contribution is -2.57. The van der Waals surface area contributed by atoms with E-state index in [0.29, 0.717) is 37.9 Å². The smallest absolute Gasteiger partial charge is 0.325 e. The molecule has 4 unspecified atom stereocenters. The van der Waals surface area contributed by atoms with Gasteiger partial charge in [0.2, 0.25) is 17.7 Å². The average Bonchev–Trinajstić information content (AvgIpc) is 3.24.